The largest absolute Gasteiger partial charge is 0.416 e. The van der Waals surface area contributed by atoms with Crippen LogP contribution in [0.2, 0.25) is 0 Å². The number of rotatable bonds is 6. The monoisotopic (exact) mass is 534 g/mol. The summed E-state index contributed by atoms with van der Waals surface area (Å²) in [6.45, 7) is 0. The number of aromatic nitrogens is 1. The average Bonchev–Trinajstić information content (AvgIpc) is 3.30. The van der Waals surface area contributed by atoms with Crippen LogP contribution in [0.1, 0.15) is 39.9 Å². The van der Waals surface area contributed by atoms with Crippen molar-refractivity contribution in [2.75, 3.05) is 0 Å². The van der Waals surface area contributed by atoms with Gasteiger partial charge in [0.25, 0.3) is 5.91 Å². The fraction of sp³-hybridized carbons (Fsp3) is 0.185. The Hall–Kier alpha value is -4.28. The lowest BCUT2D eigenvalue weighted by atomic mass is 9.99. The Labute approximate surface area is 212 Å². The number of fused-ring (bicyclic) bond motifs is 1. The molecule has 0 atom stereocenters. The highest BCUT2D eigenvalue weighted by Gasteiger charge is 2.36. The first-order valence-electron chi connectivity index (χ1n) is 11.4. The second-order valence-corrected chi connectivity index (χ2v) is 8.47. The third-order valence-electron chi connectivity index (χ3n) is 5.80. The van der Waals surface area contributed by atoms with Crippen LogP contribution < -0.4 is 5.48 Å². The Bertz CT molecular complexity index is 1440. The second kappa shape index (κ2) is 10.6. The molecule has 2 N–H and O–H groups in total. The Morgan fingerprint density at radius 2 is 1.45 bits per heavy atom. The van der Waals surface area contributed by atoms with Crippen LogP contribution in [-0.4, -0.2) is 16.9 Å². The minimum absolute atomic E-state index is 0.0431. The quantitative estimate of drug-likeness (QED) is 0.205. The molecule has 198 valence electrons. The van der Waals surface area contributed by atoms with Gasteiger partial charge < -0.3 is 9.82 Å². The van der Waals surface area contributed by atoms with Gasteiger partial charge in [0.1, 0.15) is 0 Å². The molecule has 1 aromatic heterocycles. The highest BCUT2D eigenvalue weighted by Crippen LogP contribution is 2.36. The molecule has 0 spiro atoms. The van der Waals surface area contributed by atoms with E-state index in [1.165, 1.54) is 0 Å². The molecule has 0 unspecified atom stereocenters. The number of nitrogens with one attached hydrogen (secondary N) is 2. The van der Waals surface area contributed by atoms with Gasteiger partial charge in [0.15, 0.2) is 0 Å². The molecule has 1 heterocycles. The van der Waals surface area contributed by atoms with E-state index in [9.17, 15) is 35.9 Å². The maximum absolute atomic E-state index is 13.0. The number of para-hydroxylation sites is 1. The molecule has 0 aliphatic carbocycles. The van der Waals surface area contributed by atoms with Crippen LogP contribution in [0.5, 0.6) is 0 Å². The van der Waals surface area contributed by atoms with Gasteiger partial charge in [-0.2, -0.15) is 31.8 Å². The molecule has 0 saturated heterocycles. The van der Waals surface area contributed by atoms with Crippen molar-refractivity contribution >= 4 is 22.8 Å². The molecule has 1 amide bonds. The molecule has 5 nitrogen and oxygen atoms in total. The third kappa shape index (κ3) is 6.16. The van der Waals surface area contributed by atoms with Crippen molar-refractivity contribution in [3.05, 3.63) is 95.2 Å². The minimum Gasteiger partial charge on any atom is -0.361 e. The standard InChI is InChI=1S/C27H20F6N2O3/c28-26(29,30)17-12-16(13-18(14-17)27(31,32)33)6-5-11-24(36)38-35-25(37)21-9-2-1-7-19(21)22-15-34-23-10-4-3-8-20(22)23/h1-4,7-10,12-15,34H,5-6,11H2,(H,35,37). The van der Waals surface area contributed by atoms with Gasteiger partial charge in [-0.3, -0.25) is 4.79 Å². The van der Waals surface area contributed by atoms with Crippen molar-refractivity contribution in [2.24, 2.45) is 0 Å². The summed E-state index contributed by atoms with van der Waals surface area (Å²) < 4.78 is 78.1. The zero-order valence-electron chi connectivity index (χ0n) is 19.5. The van der Waals surface area contributed by atoms with Gasteiger partial charge in [0.05, 0.1) is 16.7 Å². The molecule has 0 radical (unpaired) electrons. The number of aryl methyl sites for hydroxylation is 1. The fourth-order valence-corrected chi connectivity index (χ4v) is 4.02. The SMILES string of the molecule is O=C(CCCc1cc(C(F)(F)F)cc(C(F)(F)F)c1)ONC(=O)c1ccccc1-c1c[nH]c2ccccc12. The predicted molar refractivity (Wildman–Crippen MR) is 127 cm³/mol. The number of amides is 1. The molecular weight excluding hydrogens is 514 g/mol. The van der Waals surface area contributed by atoms with Crippen LogP contribution in [0, 0.1) is 0 Å². The molecule has 0 fully saturated rings. The first-order chi connectivity index (χ1) is 17.9. The summed E-state index contributed by atoms with van der Waals surface area (Å²) in [6, 6.07) is 15.4. The van der Waals surface area contributed by atoms with Crippen LogP contribution in [0.3, 0.4) is 0 Å². The number of H-pyrrole nitrogens is 1. The zero-order chi connectivity index (χ0) is 27.5. The van der Waals surface area contributed by atoms with Crippen LogP contribution >= 0.6 is 0 Å². The average molecular weight is 534 g/mol. The van der Waals surface area contributed by atoms with Crippen LogP contribution in [-0.2, 0) is 28.4 Å². The van der Waals surface area contributed by atoms with Gasteiger partial charge >= 0.3 is 18.3 Å². The van der Waals surface area contributed by atoms with E-state index in [2.05, 4.69) is 10.5 Å². The lowest BCUT2D eigenvalue weighted by Gasteiger charge is -2.14. The normalized spacial score (nSPS) is 11.9. The fourth-order valence-electron chi connectivity index (χ4n) is 4.02. The second-order valence-electron chi connectivity index (χ2n) is 8.47. The molecule has 11 heteroatoms. The van der Waals surface area contributed by atoms with Gasteiger partial charge in [-0.25, -0.2) is 4.79 Å². The van der Waals surface area contributed by atoms with Crippen molar-refractivity contribution < 1.29 is 40.8 Å². The summed E-state index contributed by atoms with van der Waals surface area (Å²) in [4.78, 5) is 32.8. The van der Waals surface area contributed by atoms with Crippen LogP contribution in [0.4, 0.5) is 26.3 Å². The van der Waals surface area contributed by atoms with E-state index in [-0.39, 0.29) is 36.5 Å². The number of hydrogen-bond donors (Lipinski definition) is 2. The number of carbonyl (C=O) groups is 2. The minimum atomic E-state index is -4.96. The Morgan fingerprint density at radius 3 is 2.13 bits per heavy atom. The smallest absolute Gasteiger partial charge is 0.361 e. The first kappa shape index (κ1) is 26.8. The Morgan fingerprint density at radius 1 is 0.816 bits per heavy atom. The summed E-state index contributed by atoms with van der Waals surface area (Å²) in [5, 5.41) is 0.882. The van der Waals surface area contributed by atoms with E-state index in [4.69, 9.17) is 4.84 Å². The highest BCUT2D eigenvalue weighted by atomic mass is 19.4. The summed E-state index contributed by atoms with van der Waals surface area (Å²) in [6.07, 6.45) is -8.84. The van der Waals surface area contributed by atoms with E-state index in [0.717, 1.165) is 16.5 Å². The Balaban J connectivity index is 1.37. The first-order valence-corrected chi connectivity index (χ1v) is 11.4. The van der Waals surface area contributed by atoms with Gasteiger partial charge in [-0.05, 0) is 54.3 Å². The molecule has 3 aromatic carbocycles. The predicted octanol–water partition coefficient (Wildman–Crippen LogP) is 7.08. The molecule has 4 rings (SSSR count). The summed E-state index contributed by atoms with van der Waals surface area (Å²) in [5.41, 5.74) is 1.43. The number of hydrogen-bond acceptors (Lipinski definition) is 3. The van der Waals surface area contributed by atoms with Gasteiger partial charge in [-0.15, -0.1) is 0 Å². The molecule has 0 aliphatic heterocycles. The van der Waals surface area contributed by atoms with E-state index in [0.29, 0.717) is 17.7 Å². The molecule has 0 aliphatic rings. The number of carbonyl (C=O) groups excluding carboxylic acids is 2. The number of benzene rings is 3. The molecule has 0 bridgehead atoms. The van der Waals surface area contributed by atoms with Crippen molar-refractivity contribution in [3.63, 3.8) is 0 Å². The van der Waals surface area contributed by atoms with Crippen molar-refractivity contribution in [2.45, 2.75) is 31.6 Å². The molecule has 4 aromatic rings. The van der Waals surface area contributed by atoms with Crippen LogP contribution in [0.15, 0.2) is 72.9 Å². The summed E-state index contributed by atoms with van der Waals surface area (Å²) >= 11 is 0. The van der Waals surface area contributed by atoms with Crippen molar-refractivity contribution in [1.29, 1.82) is 0 Å². The molecule has 0 saturated carbocycles. The number of aromatic amines is 1. The number of hydroxylamine groups is 1. The third-order valence-corrected chi connectivity index (χ3v) is 5.80. The Kier molecular flexibility index (Phi) is 7.47. The van der Waals surface area contributed by atoms with E-state index in [1.807, 2.05) is 24.3 Å². The van der Waals surface area contributed by atoms with Gasteiger partial charge in [0, 0.05) is 29.1 Å². The highest BCUT2D eigenvalue weighted by molar-refractivity contribution is 6.05. The number of alkyl halides is 6. The van der Waals surface area contributed by atoms with Crippen LogP contribution in [0.25, 0.3) is 22.0 Å². The van der Waals surface area contributed by atoms with E-state index in [1.54, 1.807) is 30.5 Å². The van der Waals surface area contributed by atoms with E-state index >= 15 is 0 Å². The molecule has 38 heavy (non-hydrogen) atoms. The van der Waals surface area contributed by atoms with Gasteiger partial charge in [-0.1, -0.05) is 36.4 Å². The zero-order valence-corrected chi connectivity index (χ0v) is 19.5. The lowest BCUT2D eigenvalue weighted by molar-refractivity contribution is -0.149. The van der Waals surface area contributed by atoms with E-state index < -0.39 is 35.4 Å². The molecular formula is C27H20F6N2O3. The number of halogens is 6. The lowest BCUT2D eigenvalue weighted by Crippen LogP contribution is -2.27. The van der Waals surface area contributed by atoms with Gasteiger partial charge in [0.2, 0.25) is 0 Å². The summed E-state index contributed by atoms with van der Waals surface area (Å²) in [7, 11) is 0. The maximum Gasteiger partial charge on any atom is 0.416 e. The van der Waals surface area contributed by atoms with Crippen molar-refractivity contribution in [3.8, 4) is 11.1 Å². The topological polar surface area (TPSA) is 71.2 Å². The van der Waals surface area contributed by atoms with Crippen molar-refractivity contribution in [1.82, 2.24) is 10.5 Å². The summed E-state index contributed by atoms with van der Waals surface area (Å²) in [5.74, 6) is -1.60. The maximum atomic E-state index is 13.0.